The largest absolute Gasteiger partial charge is 0.361 e. The molecule has 0 aromatic carbocycles. The fraction of sp³-hybridized carbons (Fsp3) is 0.955. The van der Waals surface area contributed by atoms with E-state index in [4.69, 9.17) is 10.2 Å². The Hall–Kier alpha value is -0.0800. The van der Waals surface area contributed by atoms with E-state index in [0.29, 0.717) is 6.42 Å². The first-order chi connectivity index (χ1) is 11.8. The molecule has 2 heteroatoms. The fourth-order valence-corrected chi connectivity index (χ4v) is 3.36. The predicted molar refractivity (Wildman–Crippen MR) is 105 cm³/mol. The standard InChI is InChI=1S/C22H45O2/c1-2-3-4-5-6-7-8-9-10-11-12-13-14-15-16-17-18-19-20-21-22(23)24/h23-24H,2-21H2,1H3. The van der Waals surface area contributed by atoms with E-state index in [1.54, 1.807) is 0 Å². The number of hydrogen-bond donors (Lipinski definition) is 2. The van der Waals surface area contributed by atoms with Crippen LogP contribution in [0, 0.1) is 6.29 Å². The van der Waals surface area contributed by atoms with Gasteiger partial charge in [0.1, 0.15) is 0 Å². The van der Waals surface area contributed by atoms with Gasteiger partial charge in [-0.3, -0.25) is 0 Å². The summed E-state index contributed by atoms with van der Waals surface area (Å²) in [6.45, 7) is 2.28. The van der Waals surface area contributed by atoms with E-state index in [-0.39, 0.29) is 0 Å². The van der Waals surface area contributed by atoms with Gasteiger partial charge in [0.25, 0.3) is 0 Å². The van der Waals surface area contributed by atoms with Crippen LogP contribution < -0.4 is 0 Å². The molecule has 0 rings (SSSR count). The molecule has 0 fully saturated rings. The molecule has 145 valence electrons. The topological polar surface area (TPSA) is 40.5 Å². The van der Waals surface area contributed by atoms with Crippen LogP contribution >= 0.6 is 0 Å². The van der Waals surface area contributed by atoms with E-state index < -0.39 is 6.29 Å². The van der Waals surface area contributed by atoms with Crippen molar-refractivity contribution in [2.45, 2.75) is 135 Å². The van der Waals surface area contributed by atoms with E-state index in [1.165, 1.54) is 109 Å². The lowest BCUT2D eigenvalue weighted by Gasteiger charge is -2.04. The van der Waals surface area contributed by atoms with Gasteiger partial charge in [-0.25, -0.2) is 0 Å². The summed E-state index contributed by atoms with van der Waals surface area (Å²) >= 11 is 0. The Balaban J connectivity index is 2.95. The van der Waals surface area contributed by atoms with Gasteiger partial charge in [0.15, 0.2) is 0 Å². The molecule has 0 saturated heterocycles. The lowest BCUT2D eigenvalue weighted by Crippen LogP contribution is -1.92. The fourth-order valence-electron chi connectivity index (χ4n) is 3.36. The number of aliphatic hydroxyl groups excluding tert-OH is 1. The van der Waals surface area contributed by atoms with E-state index in [9.17, 15) is 0 Å². The van der Waals surface area contributed by atoms with E-state index in [2.05, 4.69) is 6.92 Å². The Morgan fingerprint density at radius 2 is 0.667 bits per heavy atom. The number of aliphatic hydroxyl groups is 2. The molecule has 0 aromatic heterocycles. The lowest BCUT2D eigenvalue weighted by molar-refractivity contribution is 0.0704. The zero-order chi connectivity index (χ0) is 17.7. The Kier molecular flexibility index (Phi) is 20.9. The minimum absolute atomic E-state index is 0.401. The van der Waals surface area contributed by atoms with E-state index in [1.807, 2.05) is 0 Å². The summed E-state index contributed by atoms with van der Waals surface area (Å²) in [5, 5.41) is 17.3. The van der Waals surface area contributed by atoms with Gasteiger partial charge >= 0.3 is 0 Å². The highest BCUT2D eigenvalue weighted by molar-refractivity contribution is 4.57. The van der Waals surface area contributed by atoms with Gasteiger partial charge in [-0.2, -0.15) is 0 Å². The SMILES string of the molecule is CCCCCCCCCCCCCCCCCCCCC[C](O)O. The molecule has 1 radical (unpaired) electrons. The molecular weight excluding hydrogens is 296 g/mol. The maximum absolute atomic E-state index is 8.67. The monoisotopic (exact) mass is 341 g/mol. The van der Waals surface area contributed by atoms with E-state index in [0.717, 1.165) is 12.8 Å². The average molecular weight is 342 g/mol. The third-order valence-corrected chi connectivity index (χ3v) is 5.00. The van der Waals surface area contributed by atoms with Crippen LogP contribution in [0.5, 0.6) is 0 Å². The normalized spacial score (nSPS) is 11.5. The summed E-state index contributed by atoms with van der Waals surface area (Å²) in [7, 11) is 0. The van der Waals surface area contributed by atoms with Crippen molar-refractivity contribution in [2.24, 2.45) is 0 Å². The summed E-state index contributed by atoms with van der Waals surface area (Å²) in [6.07, 6.45) is 26.0. The molecule has 24 heavy (non-hydrogen) atoms. The van der Waals surface area contributed by atoms with Crippen LogP contribution in [0.15, 0.2) is 0 Å². The second-order valence-corrected chi connectivity index (χ2v) is 7.53. The molecule has 0 aliphatic carbocycles. The van der Waals surface area contributed by atoms with Crippen molar-refractivity contribution >= 4 is 0 Å². The van der Waals surface area contributed by atoms with Crippen molar-refractivity contribution in [3.05, 3.63) is 6.29 Å². The summed E-state index contributed by atoms with van der Waals surface area (Å²) in [5.41, 5.74) is 0. The third kappa shape index (κ3) is 21.9. The molecule has 2 N–H and O–H groups in total. The average Bonchev–Trinajstić information content (AvgIpc) is 2.56. The van der Waals surface area contributed by atoms with Gasteiger partial charge in [-0.05, 0) is 6.42 Å². The minimum Gasteiger partial charge on any atom is -0.361 e. The highest BCUT2D eigenvalue weighted by Gasteiger charge is 1.99. The molecule has 0 atom stereocenters. The van der Waals surface area contributed by atoms with Crippen LogP contribution in [-0.4, -0.2) is 10.2 Å². The maximum Gasteiger partial charge on any atom is 0.218 e. The molecule has 0 aliphatic rings. The molecule has 0 heterocycles. The summed E-state index contributed by atoms with van der Waals surface area (Å²) in [4.78, 5) is 0. The number of hydrogen-bond acceptors (Lipinski definition) is 2. The van der Waals surface area contributed by atoms with Gasteiger partial charge in [0.05, 0.1) is 0 Å². The van der Waals surface area contributed by atoms with Gasteiger partial charge < -0.3 is 10.2 Å². The number of unbranched alkanes of at least 4 members (excludes halogenated alkanes) is 18. The first-order valence-electron chi connectivity index (χ1n) is 11.0. The zero-order valence-corrected chi connectivity index (χ0v) is 16.5. The van der Waals surface area contributed by atoms with Crippen molar-refractivity contribution in [2.75, 3.05) is 0 Å². The van der Waals surface area contributed by atoms with Gasteiger partial charge in [-0.1, -0.05) is 122 Å². The summed E-state index contributed by atoms with van der Waals surface area (Å²) in [5.74, 6) is 0. The molecule has 2 nitrogen and oxygen atoms in total. The molecule has 0 unspecified atom stereocenters. The zero-order valence-electron chi connectivity index (χ0n) is 16.5. The highest BCUT2D eigenvalue weighted by Crippen LogP contribution is 2.15. The van der Waals surface area contributed by atoms with Crippen LogP contribution in [0.2, 0.25) is 0 Å². The Bertz CT molecular complexity index is 216. The summed E-state index contributed by atoms with van der Waals surface area (Å²) < 4.78 is 0. The first kappa shape index (κ1) is 23.9. The molecular formula is C22H45O2. The smallest absolute Gasteiger partial charge is 0.218 e. The lowest BCUT2D eigenvalue weighted by atomic mass is 10.0. The van der Waals surface area contributed by atoms with Crippen LogP contribution in [0.25, 0.3) is 0 Å². The summed E-state index contributed by atoms with van der Waals surface area (Å²) in [6, 6.07) is 0. The maximum atomic E-state index is 8.67. The van der Waals surface area contributed by atoms with Crippen LogP contribution in [-0.2, 0) is 0 Å². The van der Waals surface area contributed by atoms with Crippen molar-refractivity contribution in [3.8, 4) is 0 Å². The Labute approximate surface area is 152 Å². The molecule has 0 amide bonds. The highest BCUT2D eigenvalue weighted by atomic mass is 16.5. The van der Waals surface area contributed by atoms with Crippen molar-refractivity contribution in [1.29, 1.82) is 0 Å². The first-order valence-corrected chi connectivity index (χ1v) is 11.0. The molecule has 0 spiro atoms. The second-order valence-electron chi connectivity index (χ2n) is 7.53. The molecule has 0 aliphatic heterocycles. The molecule has 0 aromatic rings. The Morgan fingerprint density at radius 3 is 0.917 bits per heavy atom. The third-order valence-electron chi connectivity index (χ3n) is 5.00. The second kappa shape index (κ2) is 21.0. The Morgan fingerprint density at radius 1 is 0.417 bits per heavy atom. The molecule has 0 saturated carbocycles. The van der Waals surface area contributed by atoms with Crippen molar-refractivity contribution in [1.82, 2.24) is 0 Å². The predicted octanol–water partition coefficient (Wildman–Crippen LogP) is 8.04. The van der Waals surface area contributed by atoms with Crippen LogP contribution in [0.4, 0.5) is 0 Å². The molecule has 0 bridgehead atoms. The van der Waals surface area contributed by atoms with Crippen molar-refractivity contribution in [3.63, 3.8) is 0 Å². The number of rotatable bonds is 20. The van der Waals surface area contributed by atoms with Gasteiger partial charge in [-0.15, -0.1) is 0 Å². The van der Waals surface area contributed by atoms with E-state index >= 15 is 0 Å². The quantitative estimate of drug-likeness (QED) is 0.220. The van der Waals surface area contributed by atoms with Gasteiger partial charge in [0.2, 0.25) is 6.29 Å². The minimum atomic E-state index is -0.401. The van der Waals surface area contributed by atoms with Crippen LogP contribution in [0.1, 0.15) is 135 Å². The van der Waals surface area contributed by atoms with Crippen molar-refractivity contribution < 1.29 is 10.2 Å². The van der Waals surface area contributed by atoms with Crippen LogP contribution in [0.3, 0.4) is 0 Å². The van der Waals surface area contributed by atoms with Gasteiger partial charge in [0, 0.05) is 6.42 Å².